The van der Waals surface area contributed by atoms with Gasteiger partial charge in [-0.05, 0) is 30.3 Å². The highest BCUT2D eigenvalue weighted by Crippen LogP contribution is 2.32. The second kappa shape index (κ2) is 8.38. The molecular weight excluding hydrogens is 410 g/mol. The Balaban J connectivity index is 1.47. The molecule has 29 heavy (non-hydrogen) atoms. The molecule has 0 aliphatic heterocycles. The van der Waals surface area contributed by atoms with E-state index in [2.05, 4.69) is 15.3 Å². The number of anilines is 1. The number of hydrogen-bond donors (Lipinski definition) is 1. The van der Waals surface area contributed by atoms with Gasteiger partial charge in [-0.2, -0.15) is 0 Å². The topological polar surface area (TPSA) is 81.2 Å². The fourth-order valence-corrected chi connectivity index (χ4v) is 3.79. The molecule has 1 N–H and O–H groups in total. The van der Waals surface area contributed by atoms with Crippen molar-refractivity contribution in [3.8, 4) is 10.6 Å². The molecule has 0 atom stereocenters. The molecule has 0 aliphatic rings. The number of thiazole rings is 1. The molecule has 8 heteroatoms. The van der Waals surface area contributed by atoms with Crippen LogP contribution in [0, 0.1) is 0 Å². The molecule has 0 radical (unpaired) electrons. The van der Waals surface area contributed by atoms with Gasteiger partial charge in [0.2, 0.25) is 0 Å². The second-order valence-corrected chi connectivity index (χ2v) is 7.49. The number of fused-ring (bicyclic) bond motifs is 1. The number of halogens is 1. The first-order valence-electron chi connectivity index (χ1n) is 8.63. The van der Waals surface area contributed by atoms with Crippen LogP contribution in [0.1, 0.15) is 10.4 Å². The van der Waals surface area contributed by atoms with E-state index >= 15 is 0 Å². The standard InChI is InChI=1S/C21H14ClN3O3S/c22-13-9-10-18(23-11-13)25-19(26)12-28-21(27)15-6-2-1-5-14(15)20-24-16-7-3-4-8-17(16)29-20/h1-11H,12H2,(H,23,25,26). The number of carbonyl (C=O) groups is 2. The Morgan fingerprint density at radius 3 is 2.62 bits per heavy atom. The summed E-state index contributed by atoms with van der Waals surface area (Å²) in [4.78, 5) is 33.2. The van der Waals surface area contributed by atoms with Crippen LogP contribution in [0.5, 0.6) is 0 Å². The van der Waals surface area contributed by atoms with Crippen LogP contribution in [0.2, 0.25) is 5.02 Å². The molecule has 4 aromatic rings. The highest BCUT2D eigenvalue weighted by atomic mass is 35.5. The Bertz CT molecular complexity index is 1160. The number of hydrogen-bond acceptors (Lipinski definition) is 6. The third kappa shape index (κ3) is 4.42. The predicted octanol–water partition coefficient (Wildman–Crippen LogP) is 4.81. The molecule has 0 saturated heterocycles. The molecule has 2 aromatic heterocycles. The van der Waals surface area contributed by atoms with Crippen LogP contribution in [0.25, 0.3) is 20.8 Å². The van der Waals surface area contributed by atoms with Crippen molar-refractivity contribution in [2.75, 3.05) is 11.9 Å². The summed E-state index contributed by atoms with van der Waals surface area (Å²) >= 11 is 7.25. The van der Waals surface area contributed by atoms with Crippen molar-refractivity contribution >= 4 is 50.8 Å². The molecule has 0 aliphatic carbocycles. The highest BCUT2D eigenvalue weighted by molar-refractivity contribution is 7.21. The average molecular weight is 424 g/mol. The molecule has 144 valence electrons. The van der Waals surface area contributed by atoms with E-state index in [4.69, 9.17) is 16.3 Å². The van der Waals surface area contributed by atoms with Crippen LogP contribution >= 0.6 is 22.9 Å². The summed E-state index contributed by atoms with van der Waals surface area (Å²) in [7, 11) is 0. The smallest absolute Gasteiger partial charge is 0.339 e. The minimum Gasteiger partial charge on any atom is -0.452 e. The Kier molecular flexibility index (Phi) is 5.50. The molecule has 1 amide bonds. The summed E-state index contributed by atoms with van der Waals surface area (Å²) < 4.78 is 6.22. The fraction of sp³-hybridized carbons (Fsp3) is 0.0476. The molecule has 0 spiro atoms. The quantitative estimate of drug-likeness (QED) is 0.466. The van der Waals surface area contributed by atoms with Gasteiger partial charge in [0.25, 0.3) is 5.91 Å². The molecule has 2 heterocycles. The van der Waals surface area contributed by atoms with E-state index < -0.39 is 18.5 Å². The maximum absolute atomic E-state index is 12.6. The average Bonchev–Trinajstić information content (AvgIpc) is 3.18. The number of nitrogens with zero attached hydrogens (tertiary/aromatic N) is 2. The van der Waals surface area contributed by atoms with Crippen LogP contribution in [0.3, 0.4) is 0 Å². The van der Waals surface area contributed by atoms with E-state index in [0.29, 0.717) is 27.0 Å². The number of esters is 1. The third-order valence-electron chi connectivity index (χ3n) is 4.00. The number of ether oxygens (including phenoxy) is 1. The lowest BCUT2D eigenvalue weighted by Crippen LogP contribution is -2.21. The lowest BCUT2D eigenvalue weighted by molar-refractivity contribution is -0.119. The zero-order valence-corrected chi connectivity index (χ0v) is 16.5. The van der Waals surface area contributed by atoms with Crippen LogP contribution in [-0.4, -0.2) is 28.5 Å². The van der Waals surface area contributed by atoms with Gasteiger partial charge in [-0.25, -0.2) is 14.8 Å². The zero-order valence-electron chi connectivity index (χ0n) is 15.0. The number of benzene rings is 2. The van der Waals surface area contributed by atoms with Crippen molar-refractivity contribution in [2.45, 2.75) is 0 Å². The molecule has 4 rings (SSSR count). The van der Waals surface area contributed by atoms with Crippen molar-refractivity contribution in [3.05, 3.63) is 77.4 Å². The summed E-state index contributed by atoms with van der Waals surface area (Å²) in [5.74, 6) is -0.768. The molecule has 0 saturated carbocycles. The minimum atomic E-state index is -0.598. The van der Waals surface area contributed by atoms with Gasteiger partial charge in [0.05, 0.1) is 20.8 Å². The number of pyridine rings is 1. The van der Waals surface area contributed by atoms with E-state index in [-0.39, 0.29) is 0 Å². The van der Waals surface area contributed by atoms with Crippen molar-refractivity contribution in [1.29, 1.82) is 0 Å². The van der Waals surface area contributed by atoms with E-state index in [1.807, 2.05) is 36.4 Å². The summed E-state index contributed by atoms with van der Waals surface area (Å²) in [5.41, 5.74) is 1.88. The zero-order chi connectivity index (χ0) is 20.2. The highest BCUT2D eigenvalue weighted by Gasteiger charge is 2.18. The summed E-state index contributed by atoms with van der Waals surface area (Å²) in [6, 6.07) is 18.0. The van der Waals surface area contributed by atoms with E-state index in [1.54, 1.807) is 24.3 Å². The van der Waals surface area contributed by atoms with Gasteiger partial charge in [-0.3, -0.25) is 4.79 Å². The summed E-state index contributed by atoms with van der Waals surface area (Å²) in [6.45, 7) is -0.433. The normalized spacial score (nSPS) is 10.7. The van der Waals surface area contributed by atoms with Crippen LogP contribution < -0.4 is 5.32 Å². The fourth-order valence-electron chi connectivity index (χ4n) is 2.67. The van der Waals surface area contributed by atoms with Crippen LogP contribution in [-0.2, 0) is 9.53 Å². The molecule has 2 aromatic carbocycles. The first kappa shape index (κ1) is 19.0. The van der Waals surface area contributed by atoms with Gasteiger partial charge in [0, 0.05) is 11.8 Å². The molecule has 0 bridgehead atoms. The number of para-hydroxylation sites is 1. The molecule has 6 nitrogen and oxygen atoms in total. The van der Waals surface area contributed by atoms with Gasteiger partial charge >= 0.3 is 5.97 Å². The second-order valence-electron chi connectivity index (χ2n) is 6.02. The van der Waals surface area contributed by atoms with Crippen molar-refractivity contribution < 1.29 is 14.3 Å². The van der Waals surface area contributed by atoms with Crippen LogP contribution in [0.15, 0.2) is 66.9 Å². The van der Waals surface area contributed by atoms with Crippen molar-refractivity contribution in [1.82, 2.24) is 9.97 Å². The lowest BCUT2D eigenvalue weighted by atomic mass is 10.1. The number of carbonyl (C=O) groups excluding carboxylic acids is 2. The maximum Gasteiger partial charge on any atom is 0.339 e. The minimum absolute atomic E-state index is 0.324. The number of aromatic nitrogens is 2. The molecule has 0 unspecified atom stereocenters. The Labute approximate surface area is 175 Å². The number of nitrogens with one attached hydrogen (secondary N) is 1. The van der Waals surface area contributed by atoms with E-state index in [1.165, 1.54) is 17.5 Å². The predicted molar refractivity (Wildman–Crippen MR) is 113 cm³/mol. The third-order valence-corrected chi connectivity index (χ3v) is 5.29. The molecule has 0 fully saturated rings. The SMILES string of the molecule is O=C(COC(=O)c1ccccc1-c1nc2ccccc2s1)Nc1ccc(Cl)cn1. The lowest BCUT2D eigenvalue weighted by Gasteiger charge is -2.08. The monoisotopic (exact) mass is 423 g/mol. The Morgan fingerprint density at radius 1 is 1.03 bits per heavy atom. The van der Waals surface area contributed by atoms with Crippen molar-refractivity contribution in [2.24, 2.45) is 0 Å². The number of rotatable bonds is 5. The van der Waals surface area contributed by atoms with Gasteiger partial charge in [0.15, 0.2) is 6.61 Å². The van der Waals surface area contributed by atoms with Gasteiger partial charge in [0.1, 0.15) is 10.8 Å². The summed E-state index contributed by atoms with van der Waals surface area (Å²) in [6.07, 6.45) is 1.41. The maximum atomic E-state index is 12.6. The largest absolute Gasteiger partial charge is 0.452 e. The first-order valence-corrected chi connectivity index (χ1v) is 9.83. The van der Waals surface area contributed by atoms with Gasteiger partial charge < -0.3 is 10.1 Å². The van der Waals surface area contributed by atoms with Crippen molar-refractivity contribution in [3.63, 3.8) is 0 Å². The van der Waals surface area contributed by atoms with E-state index in [0.717, 1.165) is 10.2 Å². The molecular formula is C21H14ClN3O3S. The summed E-state index contributed by atoms with van der Waals surface area (Å²) in [5, 5.41) is 3.72. The Hall–Kier alpha value is -3.29. The van der Waals surface area contributed by atoms with Gasteiger partial charge in [-0.15, -0.1) is 11.3 Å². The van der Waals surface area contributed by atoms with Crippen LogP contribution in [0.4, 0.5) is 5.82 Å². The first-order chi connectivity index (χ1) is 14.1. The Morgan fingerprint density at radius 2 is 1.83 bits per heavy atom. The number of amides is 1. The van der Waals surface area contributed by atoms with E-state index in [9.17, 15) is 9.59 Å². The van der Waals surface area contributed by atoms with Gasteiger partial charge in [-0.1, -0.05) is 41.9 Å².